The molecule has 0 spiro atoms. The summed E-state index contributed by atoms with van der Waals surface area (Å²) in [6, 6.07) is 0. The van der Waals surface area contributed by atoms with Crippen LogP contribution in [0.5, 0.6) is 0 Å². The molecule has 2 nitrogen and oxygen atoms in total. The van der Waals surface area contributed by atoms with E-state index in [2.05, 4.69) is 4.74 Å². The predicted octanol–water partition coefficient (Wildman–Crippen LogP) is 0.820. The van der Waals surface area contributed by atoms with Crippen LogP contribution in [-0.2, 0) is 9.53 Å². The fourth-order valence-electron chi connectivity index (χ4n) is 0.0927. The molecule has 0 radical (unpaired) electrons. The molecule has 0 saturated heterocycles. The number of hydrogen-bond donors (Lipinski definition) is 0. The van der Waals surface area contributed by atoms with E-state index in [1.807, 2.05) is 0 Å². The van der Waals surface area contributed by atoms with Crippen molar-refractivity contribution in [3.05, 3.63) is 0 Å². The van der Waals surface area contributed by atoms with Crippen molar-refractivity contribution in [1.29, 1.82) is 0 Å². The van der Waals surface area contributed by atoms with E-state index in [0.717, 1.165) is 0 Å². The Morgan fingerprint density at radius 3 is 2.43 bits per heavy atom. The van der Waals surface area contributed by atoms with Gasteiger partial charge in [0.1, 0.15) is 6.61 Å². The molecule has 0 rings (SSSR count). The second-order valence-electron chi connectivity index (χ2n) is 0.656. The van der Waals surface area contributed by atoms with Gasteiger partial charge in [0.2, 0.25) is 0 Å². The van der Waals surface area contributed by atoms with E-state index in [0.29, 0.717) is 19.0 Å². The standard InChI is InChI=1S/C3H5ClO2.ClH/c4-1-2-6-3-5;/h3H,1-2H2;1H. The Morgan fingerprint density at radius 1 is 1.71 bits per heavy atom. The van der Waals surface area contributed by atoms with Crippen molar-refractivity contribution in [3.63, 3.8) is 0 Å². The zero-order chi connectivity index (χ0) is 4.83. The van der Waals surface area contributed by atoms with Crippen LogP contribution in [-0.4, -0.2) is 19.0 Å². The van der Waals surface area contributed by atoms with Gasteiger partial charge in [-0.2, -0.15) is 0 Å². The summed E-state index contributed by atoms with van der Waals surface area (Å²) in [7, 11) is 0. The zero-order valence-corrected chi connectivity index (χ0v) is 5.17. The van der Waals surface area contributed by atoms with Crippen LogP contribution in [0, 0.1) is 0 Å². The third-order valence-corrected chi connectivity index (χ3v) is 0.417. The van der Waals surface area contributed by atoms with E-state index in [1.165, 1.54) is 0 Å². The molecule has 0 aromatic heterocycles. The maximum Gasteiger partial charge on any atom is 0.293 e. The molecule has 0 aliphatic heterocycles. The van der Waals surface area contributed by atoms with E-state index < -0.39 is 0 Å². The lowest BCUT2D eigenvalue weighted by Gasteiger charge is -1.85. The molecule has 0 heterocycles. The second kappa shape index (κ2) is 9.41. The topological polar surface area (TPSA) is 26.3 Å². The molecule has 0 bridgehead atoms. The molecular formula is C3H6Cl2O2. The van der Waals surface area contributed by atoms with Crippen LogP contribution in [0.15, 0.2) is 0 Å². The summed E-state index contributed by atoms with van der Waals surface area (Å²) in [5, 5.41) is 0. The fourth-order valence-corrected chi connectivity index (χ4v) is 0.182. The average Bonchev–Trinajstić information content (AvgIpc) is 1.61. The first-order chi connectivity index (χ1) is 2.91. The van der Waals surface area contributed by atoms with Gasteiger partial charge in [-0.15, -0.1) is 24.0 Å². The fraction of sp³-hybridized carbons (Fsp3) is 0.667. The van der Waals surface area contributed by atoms with Gasteiger partial charge < -0.3 is 4.74 Å². The summed E-state index contributed by atoms with van der Waals surface area (Å²) in [5.74, 6) is 0.374. The lowest BCUT2D eigenvalue weighted by atomic mass is 10.9. The first kappa shape index (κ1) is 10.1. The highest BCUT2D eigenvalue weighted by molar-refractivity contribution is 6.18. The smallest absolute Gasteiger partial charge is 0.293 e. The molecule has 0 N–H and O–H groups in total. The Morgan fingerprint density at radius 2 is 2.29 bits per heavy atom. The predicted molar refractivity (Wildman–Crippen MR) is 30.0 cm³/mol. The monoisotopic (exact) mass is 144 g/mol. The molecule has 0 atom stereocenters. The molecule has 0 aliphatic carbocycles. The first-order valence-corrected chi connectivity index (χ1v) is 2.06. The van der Waals surface area contributed by atoms with Crippen LogP contribution in [0.25, 0.3) is 0 Å². The van der Waals surface area contributed by atoms with Gasteiger partial charge in [0.05, 0.1) is 5.88 Å². The molecule has 0 aromatic rings. The summed E-state index contributed by atoms with van der Waals surface area (Å²) in [4.78, 5) is 9.28. The molecule has 7 heavy (non-hydrogen) atoms. The van der Waals surface area contributed by atoms with E-state index in [9.17, 15) is 4.79 Å². The molecule has 0 aromatic carbocycles. The van der Waals surface area contributed by atoms with E-state index >= 15 is 0 Å². The van der Waals surface area contributed by atoms with Crippen LogP contribution >= 0.6 is 24.0 Å². The van der Waals surface area contributed by atoms with Crippen molar-refractivity contribution < 1.29 is 9.53 Å². The van der Waals surface area contributed by atoms with E-state index in [4.69, 9.17) is 11.6 Å². The van der Waals surface area contributed by atoms with Crippen LogP contribution in [0.2, 0.25) is 0 Å². The Bertz CT molecular complexity index is 39.9. The molecule has 0 unspecified atom stereocenters. The van der Waals surface area contributed by atoms with Crippen LogP contribution in [0.4, 0.5) is 0 Å². The van der Waals surface area contributed by atoms with Crippen LogP contribution in [0.3, 0.4) is 0 Å². The number of halogens is 2. The largest absolute Gasteiger partial charge is 0.467 e. The van der Waals surface area contributed by atoms with Gasteiger partial charge in [-0.1, -0.05) is 0 Å². The first-order valence-electron chi connectivity index (χ1n) is 1.53. The molecule has 0 saturated carbocycles. The highest BCUT2D eigenvalue weighted by Crippen LogP contribution is 1.71. The maximum absolute atomic E-state index is 9.28. The van der Waals surface area contributed by atoms with Crippen molar-refractivity contribution in [2.24, 2.45) is 0 Å². The maximum atomic E-state index is 9.28. The Labute approximate surface area is 53.2 Å². The minimum absolute atomic E-state index is 0. The van der Waals surface area contributed by atoms with Gasteiger partial charge >= 0.3 is 0 Å². The molecule has 0 amide bonds. The van der Waals surface area contributed by atoms with E-state index in [-0.39, 0.29) is 12.4 Å². The van der Waals surface area contributed by atoms with Gasteiger partial charge in [-0.25, -0.2) is 0 Å². The van der Waals surface area contributed by atoms with Crippen LogP contribution < -0.4 is 0 Å². The van der Waals surface area contributed by atoms with Crippen molar-refractivity contribution in [2.75, 3.05) is 12.5 Å². The molecule has 44 valence electrons. The number of alkyl halides is 1. The van der Waals surface area contributed by atoms with Crippen LogP contribution in [0.1, 0.15) is 0 Å². The summed E-state index contributed by atoms with van der Waals surface area (Å²) >= 11 is 5.10. The Balaban J connectivity index is 0. The van der Waals surface area contributed by atoms with Crippen molar-refractivity contribution >= 4 is 30.5 Å². The third-order valence-electron chi connectivity index (χ3n) is 0.263. The zero-order valence-electron chi connectivity index (χ0n) is 3.59. The average molecular weight is 145 g/mol. The second-order valence-corrected chi connectivity index (χ2v) is 1.03. The molecule has 0 aliphatic rings. The summed E-state index contributed by atoms with van der Waals surface area (Å²) < 4.78 is 4.17. The molecule has 0 fully saturated rings. The number of rotatable bonds is 3. The molecule has 4 heteroatoms. The highest BCUT2D eigenvalue weighted by atomic mass is 35.5. The lowest BCUT2D eigenvalue weighted by Crippen LogP contribution is -1.90. The minimum atomic E-state index is 0. The van der Waals surface area contributed by atoms with Gasteiger partial charge in [0, 0.05) is 0 Å². The van der Waals surface area contributed by atoms with Gasteiger partial charge in [0.25, 0.3) is 6.47 Å². The lowest BCUT2D eigenvalue weighted by molar-refractivity contribution is -0.128. The van der Waals surface area contributed by atoms with Gasteiger partial charge in [-0.3, -0.25) is 4.79 Å². The minimum Gasteiger partial charge on any atom is -0.467 e. The summed E-state index contributed by atoms with van der Waals surface area (Å²) in [5.41, 5.74) is 0. The number of hydrogen-bond acceptors (Lipinski definition) is 2. The third kappa shape index (κ3) is 10.7. The number of carbonyl (C=O) groups excluding carboxylic acids is 1. The van der Waals surface area contributed by atoms with Crippen molar-refractivity contribution in [2.45, 2.75) is 0 Å². The van der Waals surface area contributed by atoms with Crippen molar-refractivity contribution in [3.8, 4) is 0 Å². The Hall–Kier alpha value is 0.0500. The molecular weight excluding hydrogens is 139 g/mol. The number of carbonyl (C=O) groups is 1. The van der Waals surface area contributed by atoms with Gasteiger partial charge in [-0.05, 0) is 0 Å². The van der Waals surface area contributed by atoms with Crippen molar-refractivity contribution in [1.82, 2.24) is 0 Å². The number of ether oxygens (including phenoxy) is 1. The highest BCUT2D eigenvalue weighted by Gasteiger charge is 1.73. The summed E-state index contributed by atoms with van der Waals surface area (Å²) in [6.07, 6.45) is 0. The SMILES string of the molecule is Cl.O=COCCCl. The summed E-state index contributed by atoms with van der Waals surface area (Å²) in [6.45, 7) is 0.688. The van der Waals surface area contributed by atoms with E-state index in [1.54, 1.807) is 0 Å². The Kier molecular flexibility index (Phi) is 13.6. The normalized spacial score (nSPS) is 6.43. The quantitative estimate of drug-likeness (QED) is 0.334. The van der Waals surface area contributed by atoms with Gasteiger partial charge in [0.15, 0.2) is 0 Å².